The molecule has 0 fully saturated rings. The van der Waals surface area contributed by atoms with E-state index < -0.39 is 0 Å². The van der Waals surface area contributed by atoms with Crippen molar-refractivity contribution in [2.45, 2.75) is 45.6 Å². The summed E-state index contributed by atoms with van der Waals surface area (Å²) in [5.41, 5.74) is 7.01. The first-order valence-electron chi connectivity index (χ1n) is 7.55. The van der Waals surface area contributed by atoms with Crippen LogP contribution in [0.1, 0.15) is 38.7 Å². The molecule has 20 heavy (non-hydrogen) atoms. The summed E-state index contributed by atoms with van der Waals surface area (Å²) in [5.74, 6) is 0.333. The molecule has 3 nitrogen and oxygen atoms in total. The Labute approximate surface area is 123 Å². The number of amides is 1. The predicted molar refractivity (Wildman–Crippen MR) is 84.4 cm³/mol. The second-order valence-corrected chi connectivity index (χ2v) is 5.80. The number of benzene rings is 1. The van der Waals surface area contributed by atoms with E-state index in [1.807, 2.05) is 44.0 Å². The van der Waals surface area contributed by atoms with E-state index >= 15 is 0 Å². The van der Waals surface area contributed by atoms with Gasteiger partial charge in [0.2, 0.25) is 5.91 Å². The molecule has 1 rings (SSSR count). The van der Waals surface area contributed by atoms with Crippen LogP contribution in [-0.2, 0) is 11.2 Å². The molecule has 0 heterocycles. The fraction of sp³-hybridized carbons (Fsp3) is 0.588. The number of carbonyl (C=O) groups excluding carboxylic acids is 1. The zero-order chi connectivity index (χ0) is 15.0. The van der Waals surface area contributed by atoms with Gasteiger partial charge in [-0.3, -0.25) is 4.79 Å². The minimum atomic E-state index is 0.0922. The fourth-order valence-electron chi connectivity index (χ4n) is 2.30. The van der Waals surface area contributed by atoms with Crippen LogP contribution in [0.15, 0.2) is 30.3 Å². The van der Waals surface area contributed by atoms with E-state index in [9.17, 15) is 4.79 Å². The third-order valence-corrected chi connectivity index (χ3v) is 3.67. The summed E-state index contributed by atoms with van der Waals surface area (Å²) < 4.78 is 0. The maximum atomic E-state index is 12.2. The van der Waals surface area contributed by atoms with Crippen molar-refractivity contribution in [2.24, 2.45) is 11.7 Å². The van der Waals surface area contributed by atoms with Crippen molar-refractivity contribution in [3.8, 4) is 0 Å². The predicted octanol–water partition coefficient (Wildman–Crippen LogP) is 2.84. The van der Waals surface area contributed by atoms with Crippen molar-refractivity contribution in [1.29, 1.82) is 0 Å². The highest BCUT2D eigenvalue weighted by Gasteiger charge is 2.16. The highest BCUT2D eigenvalue weighted by atomic mass is 16.2. The van der Waals surface area contributed by atoms with E-state index in [0.29, 0.717) is 0 Å². The van der Waals surface area contributed by atoms with Crippen LogP contribution in [0.5, 0.6) is 0 Å². The van der Waals surface area contributed by atoms with Crippen LogP contribution in [0.25, 0.3) is 0 Å². The molecule has 1 amide bonds. The van der Waals surface area contributed by atoms with E-state index in [1.54, 1.807) is 0 Å². The van der Waals surface area contributed by atoms with Gasteiger partial charge in [-0.15, -0.1) is 0 Å². The summed E-state index contributed by atoms with van der Waals surface area (Å²) in [7, 11) is 1.90. The summed E-state index contributed by atoms with van der Waals surface area (Å²) in [6, 6.07) is 10.5. The van der Waals surface area contributed by atoms with Gasteiger partial charge in [0.15, 0.2) is 0 Å². The van der Waals surface area contributed by atoms with Crippen molar-refractivity contribution in [1.82, 2.24) is 4.90 Å². The number of nitrogens with two attached hydrogens (primary N) is 1. The van der Waals surface area contributed by atoms with Crippen molar-refractivity contribution in [2.75, 3.05) is 13.6 Å². The van der Waals surface area contributed by atoms with Gasteiger partial charge in [-0.05, 0) is 31.7 Å². The van der Waals surface area contributed by atoms with Gasteiger partial charge in [-0.2, -0.15) is 0 Å². The van der Waals surface area contributed by atoms with E-state index in [-0.39, 0.29) is 17.9 Å². The Morgan fingerprint density at radius 3 is 2.45 bits per heavy atom. The van der Waals surface area contributed by atoms with Crippen LogP contribution < -0.4 is 5.73 Å². The van der Waals surface area contributed by atoms with Crippen molar-refractivity contribution < 1.29 is 4.79 Å². The number of hydrogen-bond acceptors (Lipinski definition) is 2. The molecule has 112 valence electrons. The molecule has 2 unspecified atom stereocenters. The average Bonchev–Trinajstić information content (AvgIpc) is 2.44. The van der Waals surface area contributed by atoms with Gasteiger partial charge in [0.25, 0.3) is 0 Å². The fourth-order valence-corrected chi connectivity index (χ4v) is 2.30. The molecule has 0 aromatic heterocycles. The van der Waals surface area contributed by atoms with Crippen LogP contribution in [-0.4, -0.2) is 30.4 Å². The van der Waals surface area contributed by atoms with Gasteiger partial charge < -0.3 is 10.6 Å². The highest BCUT2D eigenvalue weighted by Crippen LogP contribution is 2.12. The number of carbonyl (C=O) groups is 1. The van der Waals surface area contributed by atoms with Crippen LogP contribution in [0.2, 0.25) is 0 Å². The maximum Gasteiger partial charge on any atom is 0.225 e. The monoisotopic (exact) mass is 276 g/mol. The average molecular weight is 276 g/mol. The first kappa shape index (κ1) is 16.7. The van der Waals surface area contributed by atoms with Gasteiger partial charge in [0, 0.05) is 25.6 Å². The molecule has 0 saturated heterocycles. The first-order valence-corrected chi connectivity index (χ1v) is 7.55. The molecule has 2 N–H and O–H groups in total. The lowest BCUT2D eigenvalue weighted by molar-refractivity contribution is -0.133. The standard InChI is InChI=1S/C17H28N2O/c1-14(8-7-9-15(2)18)17(20)19(3)13-12-16-10-5-4-6-11-16/h4-6,10-11,14-15H,7-9,12-13,18H2,1-3H3. The van der Waals surface area contributed by atoms with Crippen LogP contribution in [0.4, 0.5) is 0 Å². The molecule has 0 radical (unpaired) electrons. The first-order chi connectivity index (χ1) is 9.50. The van der Waals surface area contributed by atoms with E-state index in [4.69, 9.17) is 5.73 Å². The Balaban J connectivity index is 2.31. The Hall–Kier alpha value is -1.35. The van der Waals surface area contributed by atoms with Gasteiger partial charge in [0.1, 0.15) is 0 Å². The zero-order valence-corrected chi connectivity index (χ0v) is 13.0. The normalized spacial score (nSPS) is 13.8. The molecule has 2 atom stereocenters. The van der Waals surface area contributed by atoms with Crippen LogP contribution in [0.3, 0.4) is 0 Å². The van der Waals surface area contributed by atoms with E-state index in [2.05, 4.69) is 12.1 Å². The van der Waals surface area contributed by atoms with Crippen molar-refractivity contribution in [3.63, 3.8) is 0 Å². The second-order valence-electron chi connectivity index (χ2n) is 5.80. The molecular formula is C17H28N2O. The number of nitrogens with zero attached hydrogens (tertiary/aromatic N) is 1. The van der Waals surface area contributed by atoms with Gasteiger partial charge in [0.05, 0.1) is 0 Å². The maximum absolute atomic E-state index is 12.2. The SMILES string of the molecule is CC(N)CCCC(C)C(=O)N(C)CCc1ccccc1. The molecular weight excluding hydrogens is 248 g/mol. The largest absolute Gasteiger partial charge is 0.345 e. The van der Waals surface area contributed by atoms with Gasteiger partial charge in [-0.1, -0.05) is 43.7 Å². The lowest BCUT2D eigenvalue weighted by Gasteiger charge is -2.21. The molecule has 0 bridgehead atoms. The number of hydrogen-bond donors (Lipinski definition) is 1. The van der Waals surface area contributed by atoms with Crippen molar-refractivity contribution in [3.05, 3.63) is 35.9 Å². The van der Waals surface area contributed by atoms with Gasteiger partial charge >= 0.3 is 0 Å². The summed E-state index contributed by atoms with van der Waals surface area (Å²) in [4.78, 5) is 14.1. The van der Waals surface area contributed by atoms with Crippen LogP contribution >= 0.6 is 0 Å². The molecule has 0 aliphatic rings. The van der Waals surface area contributed by atoms with E-state index in [1.165, 1.54) is 5.56 Å². The Bertz CT molecular complexity index is 389. The summed E-state index contributed by atoms with van der Waals surface area (Å²) in [6.45, 7) is 4.81. The lowest BCUT2D eigenvalue weighted by Crippen LogP contribution is -2.33. The number of rotatable bonds is 8. The Morgan fingerprint density at radius 2 is 1.85 bits per heavy atom. The Morgan fingerprint density at radius 1 is 1.20 bits per heavy atom. The minimum Gasteiger partial charge on any atom is -0.345 e. The van der Waals surface area contributed by atoms with Crippen LogP contribution in [0, 0.1) is 5.92 Å². The topological polar surface area (TPSA) is 46.3 Å². The summed E-state index contributed by atoms with van der Waals surface area (Å²) in [6.07, 6.45) is 3.86. The molecule has 0 saturated carbocycles. The highest BCUT2D eigenvalue weighted by molar-refractivity contribution is 5.78. The second kappa shape index (κ2) is 8.75. The summed E-state index contributed by atoms with van der Waals surface area (Å²) >= 11 is 0. The zero-order valence-electron chi connectivity index (χ0n) is 13.0. The molecule has 0 aliphatic heterocycles. The molecule has 1 aromatic rings. The molecule has 3 heteroatoms. The molecule has 0 aliphatic carbocycles. The van der Waals surface area contributed by atoms with Crippen molar-refractivity contribution >= 4 is 5.91 Å². The third-order valence-electron chi connectivity index (χ3n) is 3.67. The smallest absolute Gasteiger partial charge is 0.225 e. The number of likely N-dealkylation sites (N-methyl/N-ethyl adjacent to an activating group) is 1. The van der Waals surface area contributed by atoms with E-state index in [0.717, 1.165) is 32.2 Å². The quantitative estimate of drug-likeness (QED) is 0.793. The third kappa shape index (κ3) is 6.20. The Kier molecular flexibility index (Phi) is 7.31. The summed E-state index contributed by atoms with van der Waals surface area (Å²) in [5, 5.41) is 0. The molecule has 1 aromatic carbocycles. The lowest BCUT2D eigenvalue weighted by atomic mass is 10.0. The van der Waals surface area contributed by atoms with Gasteiger partial charge in [-0.25, -0.2) is 0 Å². The minimum absolute atomic E-state index is 0.0922. The molecule has 0 spiro atoms.